The molecular weight excluding hydrogens is 478 g/mol. The lowest BCUT2D eigenvalue weighted by atomic mass is 9.95. The summed E-state index contributed by atoms with van der Waals surface area (Å²) in [4.78, 5) is 27.8. The van der Waals surface area contributed by atoms with Crippen molar-refractivity contribution in [3.63, 3.8) is 0 Å². The van der Waals surface area contributed by atoms with Crippen LogP contribution in [0.25, 0.3) is 5.76 Å². The molecule has 1 N–H and O–H groups in total. The van der Waals surface area contributed by atoms with Crippen LogP contribution in [0.5, 0.6) is 5.75 Å². The highest BCUT2D eigenvalue weighted by atomic mass is 35.5. The van der Waals surface area contributed by atoms with Crippen LogP contribution in [0.1, 0.15) is 28.5 Å². The molecule has 1 aliphatic rings. The van der Waals surface area contributed by atoms with Crippen molar-refractivity contribution in [2.24, 2.45) is 0 Å². The Hall–Kier alpha value is -4.29. The van der Waals surface area contributed by atoms with Gasteiger partial charge in [0.2, 0.25) is 0 Å². The van der Waals surface area contributed by atoms with Gasteiger partial charge in [-0.05, 0) is 59.7 Å². The number of rotatable bonds is 7. The molecule has 1 amide bonds. The lowest BCUT2D eigenvalue weighted by Gasteiger charge is -2.25. The van der Waals surface area contributed by atoms with Crippen LogP contribution in [0.2, 0.25) is 5.02 Å². The van der Waals surface area contributed by atoms with Gasteiger partial charge >= 0.3 is 0 Å². The fraction of sp³-hybridized carbons (Fsp3) is 0.103. The number of hydrogen-bond acceptors (Lipinski definition) is 5. The van der Waals surface area contributed by atoms with Crippen molar-refractivity contribution >= 4 is 29.1 Å². The first-order valence-corrected chi connectivity index (χ1v) is 11.7. The number of amides is 1. The van der Waals surface area contributed by atoms with E-state index in [1.807, 2.05) is 36.4 Å². The first kappa shape index (κ1) is 23.5. The third-order valence-corrected chi connectivity index (χ3v) is 6.24. The van der Waals surface area contributed by atoms with Gasteiger partial charge < -0.3 is 19.2 Å². The maximum Gasteiger partial charge on any atom is 0.296 e. The molecule has 0 bridgehead atoms. The van der Waals surface area contributed by atoms with Crippen LogP contribution in [-0.4, -0.2) is 21.7 Å². The fourth-order valence-corrected chi connectivity index (χ4v) is 4.36. The number of hydrogen-bond donors (Lipinski definition) is 1. The van der Waals surface area contributed by atoms with E-state index in [-0.39, 0.29) is 17.9 Å². The molecule has 3 aromatic carbocycles. The van der Waals surface area contributed by atoms with Gasteiger partial charge in [0.1, 0.15) is 23.9 Å². The normalized spacial score (nSPS) is 16.9. The smallest absolute Gasteiger partial charge is 0.296 e. The van der Waals surface area contributed by atoms with Crippen LogP contribution >= 0.6 is 11.6 Å². The zero-order chi connectivity index (χ0) is 25.1. The highest BCUT2D eigenvalue weighted by Gasteiger charge is 2.46. The van der Waals surface area contributed by atoms with Crippen molar-refractivity contribution in [2.45, 2.75) is 19.2 Å². The number of carbonyl (C=O) groups is 2. The average Bonchev–Trinajstić information content (AvgIpc) is 3.51. The molecule has 0 aliphatic carbocycles. The van der Waals surface area contributed by atoms with E-state index >= 15 is 0 Å². The predicted octanol–water partition coefficient (Wildman–Crippen LogP) is 6.13. The second kappa shape index (κ2) is 10.1. The van der Waals surface area contributed by atoms with Gasteiger partial charge in [-0.15, -0.1) is 0 Å². The van der Waals surface area contributed by atoms with Gasteiger partial charge in [-0.3, -0.25) is 9.59 Å². The average molecular weight is 500 g/mol. The number of aliphatic hydroxyl groups is 1. The standard InChI is InChI=1S/C29H22ClNO5/c30-22-13-11-20(12-14-22)27(32)25-26(31(29(34)28(25)33)17-24-10-5-15-35-24)21-8-4-9-23(16-21)36-18-19-6-2-1-3-7-19/h1-16,26,32H,17-18H2/b27-25-. The lowest BCUT2D eigenvalue weighted by Crippen LogP contribution is -2.29. The van der Waals surface area contributed by atoms with Crippen LogP contribution in [0, 0.1) is 0 Å². The molecule has 1 saturated heterocycles. The van der Waals surface area contributed by atoms with Gasteiger partial charge in [-0.1, -0.05) is 54.1 Å². The van der Waals surface area contributed by atoms with E-state index in [2.05, 4.69) is 0 Å². The predicted molar refractivity (Wildman–Crippen MR) is 135 cm³/mol. The Kier molecular flexibility index (Phi) is 6.60. The highest BCUT2D eigenvalue weighted by Crippen LogP contribution is 2.41. The minimum absolute atomic E-state index is 0.00547. The summed E-state index contributed by atoms with van der Waals surface area (Å²) in [5.74, 6) is -0.666. The van der Waals surface area contributed by atoms with Crippen molar-refractivity contribution < 1.29 is 23.8 Å². The third kappa shape index (κ3) is 4.76. The summed E-state index contributed by atoms with van der Waals surface area (Å²) in [6.45, 7) is 0.427. The molecule has 0 spiro atoms. The largest absolute Gasteiger partial charge is 0.507 e. The number of halogens is 1. The number of ether oxygens (including phenoxy) is 1. The molecule has 1 unspecified atom stereocenters. The van der Waals surface area contributed by atoms with Gasteiger partial charge in [0.15, 0.2) is 0 Å². The van der Waals surface area contributed by atoms with Crippen LogP contribution < -0.4 is 4.74 Å². The van der Waals surface area contributed by atoms with Crippen LogP contribution in [0.15, 0.2) is 107 Å². The monoisotopic (exact) mass is 499 g/mol. The topological polar surface area (TPSA) is 80.0 Å². The summed E-state index contributed by atoms with van der Waals surface area (Å²) >= 11 is 6.00. The van der Waals surface area contributed by atoms with E-state index in [9.17, 15) is 14.7 Å². The summed E-state index contributed by atoms with van der Waals surface area (Å²) in [6, 6.07) is 26.0. The van der Waals surface area contributed by atoms with Crippen LogP contribution in [-0.2, 0) is 22.7 Å². The molecule has 5 rings (SSSR count). The number of likely N-dealkylation sites (tertiary alicyclic amines) is 1. The SMILES string of the molecule is O=C1C(=O)N(Cc2ccco2)C(c2cccc(OCc3ccccc3)c2)/C1=C(/O)c1ccc(Cl)cc1. The Morgan fingerprint density at radius 3 is 2.44 bits per heavy atom. The van der Waals surface area contributed by atoms with E-state index in [4.69, 9.17) is 20.8 Å². The number of nitrogens with zero attached hydrogens (tertiary/aromatic N) is 1. The molecule has 36 heavy (non-hydrogen) atoms. The molecule has 4 aromatic rings. The molecule has 180 valence electrons. The Bertz CT molecular complexity index is 1410. The summed E-state index contributed by atoms with van der Waals surface area (Å²) < 4.78 is 11.4. The lowest BCUT2D eigenvalue weighted by molar-refractivity contribution is -0.140. The molecule has 0 radical (unpaired) electrons. The number of benzene rings is 3. The fourth-order valence-electron chi connectivity index (χ4n) is 4.24. The van der Waals surface area contributed by atoms with Crippen LogP contribution in [0.4, 0.5) is 0 Å². The highest BCUT2D eigenvalue weighted by molar-refractivity contribution is 6.46. The molecular formula is C29H22ClNO5. The minimum Gasteiger partial charge on any atom is -0.507 e. The number of Topliss-reactive ketones (excluding diaryl/α,β-unsaturated/α-hetero) is 1. The molecule has 0 saturated carbocycles. The van der Waals surface area contributed by atoms with Gasteiger partial charge in [0, 0.05) is 10.6 Å². The van der Waals surface area contributed by atoms with Crippen molar-refractivity contribution in [2.75, 3.05) is 0 Å². The Morgan fingerprint density at radius 1 is 0.944 bits per heavy atom. The number of ketones is 1. The van der Waals surface area contributed by atoms with Gasteiger partial charge in [-0.2, -0.15) is 0 Å². The summed E-state index contributed by atoms with van der Waals surface area (Å²) in [5, 5.41) is 11.7. The maximum atomic E-state index is 13.2. The van der Waals surface area contributed by atoms with E-state index in [0.717, 1.165) is 5.56 Å². The molecule has 2 heterocycles. The maximum absolute atomic E-state index is 13.2. The number of furan rings is 1. The van der Waals surface area contributed by atoms with Crippen molar-refractivity contribution in [1.29, 1.82) is 0 Å². The van der Waals surface area contributed by atoms with E-state index < -0.39 is 17.7 Å². The van der Waals surface area contributed by atoms with E-state index in [1.54, 1.807) is 54.6 Å². The molecule has 7 heteroatoms. The second-order valence-corrected chi connectivity index (χ2v) is 8.80. The Balaban J connectivity index is 1.55. The summed E-state index contributed by atoms with van der Waals surface area (Å²) in [5.41, 5.74) is 2.02. The minimum atomic E-state index is -0.842. The summed E-state index contributed by atoms with van der Waals surface area (Å²) in [7, 11) is 0. The van der Waals surface area contributed by atoms with Crippen molar-refractivity contribution in [3.05, 3.63) is 130 Å². The zero-order valence-electron chi connectivity index (χ0n) is 19.1. The number of carbonyl (C=O) groups excluding carboxylic acids is 2. The van der Waals surface area contributed by atoms with Gasteiger partial charge in [0.25, 0.3) is 11.7 Å². The first-order valence-electron chi connectivity index (χ1n) is 11.3. The van der Waals surface area contributed by atoms with E-state index in [0.29, 0.717) is 34.3 Å². The first-order chi connectivity index (χ1) is 17.5. The second-order valence-electron chi connectivity index (χ2n) is 8.36. The molecule has 1 aromatic heterocycles. The number of aliphatic hydroxyl groups excluding tert-OH is 1. The third-order valence-electron chi connectivity index (χ3n) is 5.99. The van der Waals surface area contributed by atoms with Gasteiger partial charge in [-0.25, -0.2) is 0 Å². The molecule has 6 nitrogen and oxygen atoms in total. The Labute approximate surface area is 213 Å². The Morgan fingerprint density at radius 2 is 1.72 bits per heavy atom. The molecule has 1 fully saturated rings. The van der Waals surface area contributed by atoms with Crippen molar-refractivity contribution in [1.82, 2.24) is 4.90 Å². The molecule has 1 aliphatic heterocycles. The summed E-state index contributed by atoms with van der Waals surface area (Å²) in [6.07, 6.45) is 1.51. The van der Waals surface area contributed by atoms with Gasteiger partial charge in [0.05, 0.1) is 24.4 Å². The van der Waals surface area contributed by atoms with E-state index in [1.165, 1.54) is 11.2 Å². The zero-order valence-corrected chi connectivity index (χ0v) is 19.9. The van der Waals surface area contributed by atoms with Crippen molar-refractivity contribution in [3.8, 4) is 5.75 Å². The van der Waals surface area contributed by atoms with Crippen LogP contribution in [0.3, 0.4) is 0 Å². The quantitative estimate of drug-likeness (QED) is 0.188. The molecule has 1 atom stereocenters.